The summed E-state index contributed by atoms with van der Waals surface area (Å²) in [6.07, 6.45) is 0.114. The molecule has 0 spiro atoms. The van der Waals surface area contributed by atoms with Crippen molar-refractivity contribution in [1.29, 1.82) is 0 Å². The number of hydrogen-bond acceptors (Lipinski definition) is 5. The van der Waals surface area contributed by atoms with Gasteiger partial charge in [0.2, 0.25) is 0 Å². The summed E-state index contributed by atoms with van der Waals surface area (Å²) in [4.78, 5) is 14.4. The van der Waals surface area contributed by atoms with E-state index < -0.39 is 16.2 Å². The third kappa shape index (κ3) is 6.01. The fourth-order valence-corrected chi connectivity index (χ4v) is 5.14. The number of amides is 1. The second-order valence-corrected chi connectivity index (χ2v) is 9.86. The van der Waals surface area contributed by atoms with Gasteiger partial charge in [-0.3, -0.25) is 4.18 Å². The Balaban J connectivity index is 1.47. The highest BCUT2D eigenvalue weighted by atomic mass is 32.2. The monoisotopic (exact) mass is 483 g/mol. The Kier molecular flexibility index (Phi) is 7.59. The molecule has 1 aliphatic rings. The van der Waals surface area contributed by atoms with Gasteiger partial charge in [-0.15, -0.1) is 0 Å². The van der Waals surface area contributed by atoms with Crippen molar-refractivity contribution in [3.63, 3.8) is 0 Å². The summed E-state index contributed by atoms with van der Waals surface area (Å²) in [6.45, 7) is 0.750. The van der Waals surface area contributed by atoms with Crippen LogP contribution in [0.25, 0.3) is 0 Å². The van der Waals surface area contributed by atoms with Crippen LogP contribution in [0.5, 0.6) is 0 Å². The minimum absolute atomic E-state index is 0.0725. The summed E-state index contributed by atoms with van der Waals surface area (Å²) in [6, 6.07) is 23.5. The van der Waals surface area contributed by atoms with Gasteiger partial charge in [-0.05, 0) is 47.7 Å². The van der Waals surface area contributed by atoms with Crippen LogP contribution < -0.4 is 0 Å². The number of rotatable bonds is 7. The maximum absolute atomic E-state index is 13.5. The summed E-state index contributed by atoms with van der Waals surface area (Å²) in [5.41, 5.74) is 1.76. The maximum Gasteiger partial charge on any atom is 0.410 e. The number of hydrogen-bond donors (Lipinski definition) is 0. The van der Waals surface area contributed by atoms with E-state index in [-0.39, 0.29) is 42.3 Å². The first-order valence-corrected chi connectivity index (χ1v) is 12.5. The molecule has 0 N–H and O–H groups in total. The van der Waals surface area contributed by atoms with Gasteiger partial charge in [-0.2, -0.15) is 8.42 Å². The highest BCUT2D eigenvalue weighted by Gasteiger charge is 2.34. The molecule has 1 heterocycles. The van der Waals surface area contributed by atoms with E-state index in [9.17, 15) is 17.6 Å². The molecular formula is C26H26FNO5S. The fraction of sp³-hybridized carbons (Fsp3) is 0.269. The first-order valence-electron chi connectivity index (χ1n) is 11.1. The van der Waals surface area contributed by atoms with Crippen LogP contribution in [0.2, 0.25) is 0 Å². The van der Waals surface area contributed by atoms with E-state index in [1.807, 2.05) is 30.3 Å². The first kappa shape index (κ1) is 23.9. The molecule has 178 valence electrons. The number of benzene rings is 3. The van der Waals surface area contributed by atoms with Gasteiger partial charge in [0.25, 0.3) is 10.1 Å². The van der Waals surface area contributed by atoms with Crippen LogP contribution in [0, 0.1) is 11.7 Å². The molecule has 34 heavy (non-hydrogen) atoms. The van der Waals surface area contributed by atoms with Crippen molar-refractivity contribution in [1.82, 2.24) is 4.90 Å². The molecule has 0 unspecified atom stereocenters. The summed E-state index contributed by atoms with van der Waals surface area (Å²) in [5, 5.41) is 0. The van der Waals surface area contributed by atoms with Crippen molar-refractivity contribution < 1.29 is 26.5 Å². The van der Waals surface area contributed by atoms with Gasteiger partial charge in [0.1, 0.15) is 12.4 Å². The number of likely N-dealkylation sites (tertiary alicyclic amines) is 1. The molecule has 4 rings (SSSR count). The molecule has 8 heteroatoms. The van der Waals surface area contributed by atoms with Crippen LogP contribution in [0.1, 0.15) is 23.5 Å². The van der Waals surface area contributed by atoms with Gasteiger partial charge >= 0.3 is 6.09 Å². The van der Waals surface area contributed by atoms with Crippen molar-refractivity contribution in [2.75, 3.05) is 19.7 Å². The summed E-state index contributed by atoms with van der Waals surface area (Å²) < 4.78 is 49.7. The van der Waals surface area contributed by atoms with Crippen LogP contribution in [-0.4, -0.2) is 39.1 Å². The zero-order valence-electron chi connectivity index (χ0n) is 18.5. The minimum Gasteiger partial charge on any atom is -0.445 e. The van der Waals surface area contributed by atoms with E-state index in [0.29, 0.717) is 13.0 Å². The van der Waals surface area contributed by atoms with E-state index in [4.69, 9.17) is 8.92 Å². The highest BCUT2D eigenvalue weighted by molar-refractivity contribution is 7.86. The van der Waals surface area contributed by atoms with Crippen molar-refractivity contribution in [2.24, 2.45) is 5.92 Å². The van der Waals surface area contributed by atoms with Gasteiger partial charge < -0.3 is 9.64 Å². The first-order chi connectivity index (χ1) is 16.4. The van der Waals surface area contributed by atoms with Crippen molar-refractivity contribution in [3.8, 4) is 0 Å². The fourth-order valence-electron chi connectivity index (χ4n) is 4.16. The molecule has 1 fully saturated rings. The Morgan fingerprint density at radius 1 is 0.941 bits per heavy atom. The Labute approximate surface area is 199 Å². The lowest BCUT2D eigenvalue weighted by Crippen LogP contribution is -2.45. The topological polar surface area (TPSA) is 72.9 Å². The second-order valence-electron chi connectivity index (χ2n) is 8.24. The van der Waals surface area contributed by atoms with Crippen molar-refractivity contribution >= 4 is 16.2 Å². The molecule has 3 aromatic carbocycles. The number of ether oxygens (including phenoxy) is 1. The molecule has 1 aliphatic heterocycles. The largest absolute Gasteiger partial charge is 0.445 e. The van der Waals surface area contributed by atoms with E-state index in [1.54, 1.807) is 35.2 Å². The predicted molar refractivity (Wildman–Crippen MR) is 125 cm³/mol. The maximum atomic E-state index is 13.5. The molecule has 0 aromatic heterocycles. The third-order valence-electron chi connectivity index (χ3n) is 5.96. The summed E-state index contributed by atoms with van der Waals surface area (Å²) in [5.74, 6) is -0.753. The van der Waals surface area contributed by atoms with Gasteiger partial charge in [0.05, 0.1) is 11.5 Å². The van der Waals surface area contributed by atoms with Gasteiger partial charge in [0, 0.05) is 19.0 Å². The van der Waals surface area contributed by atoms with Crippen molar-refractivity contribution in [3.05, 3.63) is 102 Å². The third-order valence-corrected chi connectivity index (χ3v) is 7.26. The van der Waals surface area contributed by atoms with E-state index in [1.165, 1.54) is 24.3 Å². The average molecular weight is 484 g/mol. The lowest BCUT2D eigenvalue weighted by molar-refractivity contribution is 0.0650. The van der Waals surface area contributed by atoms with Crippen LogP contribution in [0.15, 0.2) is 89.8 Å². The Morgan fingerprint density at radius 2 is 1.59 bits per heavy atom. The van der Waals surface area contributed by atoms with E-state index in [0.717, 1.165) is 11.1 Å². The SMILES string of the molecule is O=C(OCc1ccccc1)N1CC[C@H](c2ccc(F)cc2)[C@H](COS(=O)(=O)c2ccccc2)C1. The smallest absolute Gasteiger partial charge is 0.410 e. The molecule has 1 saturated heterocycles. The number of nitrogens with zero attached hydrogens (tertiary/aromatic N) is 1. The van der Waals surface area contributed by atoms with Crippen LogP contribution in [0.4, 0.5) is 9.18 Å². The summed E-state index contributed by atoms with van der Waals surface area (Å²) in [7, 11) is -3.95. The molecule has 3 aromatic rings. The number of halogens is 1. The zero-order valence-corrected chi connectivity index (χ0v) is 19.4. The second kappa shape index (κ2) is 10.8. The normalized spacial score (nSPS) is 18.4. The van der Waals surface area contributed by atoms with Crippen LogP contribution in [-0.2, 0) is 25.6 Å². The Hall–Kier alpha value is -3.23. The summed E-state index contributed by atoms with van der Waals surface area (Å²) >= 11 is 0. The minimum atomic E-state index is -3.95. The van der Waals surface area contributed by atoms with Gasteiger partial charge in [-0.1, -0.05) is 60.7 Å². The Morgan fingerprint density at radius 3 is 2.26 bits per heavy atom. The lowest BCUT2D eigenvalue weighted by atomic mass is 9.81. The van der Waals surface area contributed by atoms with E-state index >= 15 is 0 Å². The van der Waals surface area contributed by atoms with Gasteiger partial charge in [0.15, 0.2) is 0 Å². The Bertz CT molecular complexity index is 1190. The number of piperidine rings is 1. The average Bonchev–Trinajstić information content (AvgIpc) is 2.87. The molecule has 2 atom stereocenters. The van der Waals surface area contributed by atoms with E-state index in [2.05, 4.69) is 0 Å². The number of carbonyl (C=O) groups is 1. The molecule has 0 aliphatic carbocycles. The van der Waals surface area contributed by atoms with Crippen LogP contribution >= 0.6 is 0 Å². The van der Waals surface area contributed by atoms with Crippen LogP contribution in [0.3, 0.4) is 0 Å². The molecule has 0 radical (unpaired) electrons. The van der Waals surface area contributed by atoms with Gasteiger partial charge in [-0.25, -0.2) is 9.18 Å². The molecule has 6 nitrogen and oxygen atoms in total. The molecular weight excluding hydrogens is 457 g/mol. The van der Waals surface area contributed by atoms with Crippen molar-refractivity contribution in [2.45, 2.75) is 23.8 Å². The number of carbonyl (C=O) groups excluding carboxylic acids is 1. The zero-order chi connectivity index (χ0) is 24.0. The molecule has 0 bridgehead atoms. The lowest BCUT2D eigenvalue weighted by Gasteiger charge is -2.38. The molecule has 0 saturated carbocycles. The highest BCUT2D eigenvalue weighted by Crippen LogP contribution is 2.34. The standard InChI is InChI=1S/C26H26FNO5S/c27-23-13-11-21(12-14-23)25-15-16-28(26(29)32-18-20-7-3-1-4-8-20)17-22(25)19-33-34(30,31)24-9-5-2-6-10-24/h1-14,22,25H,15-19H2/t22-,25+/m0/s1. The quantitative estimate of drug-likeness (QED) is 0.444. The predicted octanol–water partition coefficient (Wildman–Crippen LogP) is 4.97. The molecule has 1 amide bonds.